The first-order valence-corrected chi connectivity index (χ1v) is 9.37. The summed E-state index contributed by atoms with van der Waals surface area (Å²) in [5.74, 6) is -0.0872. The van der Waals surface area contributed by atoms with E-state index in [2.05, 4.69) is 14.6 Å². The number of amides is 1. The molecule has 5 nitrogen and oxygen atoms in total. The van der Waals surface area contributed by atoms with E-state index in [1.807, 2.05) is 0 Å². The Kier molecular flexibility index (Phi) is 6.13. The van der Waals surface area contributed by atoms with E-state index >= 15 is 0 Å². The van der Waals surface area contributed by atoms with Crippen LogP contribution in [0.25, 0.3) is 6.08 Å². The van der Waals surface area contributed by atoms with Crippen molar-refractivity contribution in [3.05, 3.63) is 28.7 Å². The van der Waals surface area contributed by atoms with Gasteiger partial charge in [0.2, 0.25) is 0 Å². The molecule has 0 aromatic heterocycles. The van der Waals surface area contributed by atoms with Crippen molar-refractivity contribution in [1.29, 1.82) is 0 Å². The molecule has 0 saturated carbocycles. The summed E-state index contributed by atoms with van der Waals surface area (Å²) in [6.45, 7) is 0.981. The Labute approximate surface area is 155 Å². The molecule has 1 aromatic rings. The Balaban J connectivity index is 1.77. The average molecular weight is 382 g/mol. The molecule has 3 rings (SSSR count). The number of likely N-dealkylation sites (tertiary alicyclic amines) is 1. The molecule has 0 spiro atoms. The minimum Gasteiger partial charge on any atom is -0.490 e. The van der Waals surface area contributed by atoms with Crippen LogP contribution in [0.2, 0.25) is 0 Å². The predicted octanol–water partition coefficient (Wildman–Crippen LogP) is 4.14. The second-order valence-corrected chi connectivity index (χ2v) is 6.88. The van der Waals surface area contributed by atoms with Gasteiger partial charge < -0.3 is 14.4 Å². The number of thioether (sulfide) groups is 1. The Hall–Kier alpha value is -2.09. The van der Waals surface area contributed by atoms with Crippen LogP contribution in [-0.2, 0) is 4.79 Å². The lowest BCUT2D eigenvalue weighted by molar-refractivity contribution is -0.113. The number of hydrogen-bond donors (Lipinski definition) is 0. The van der Waals surface area contributed by atoms with Gasteiger partial charge in [-0.25, -0.2) is 0 Å². The van der Waals surface area contributed by atoms with Gasteiger partial charge in [0.25, 0.3) is 5.91 Å². The fraction of sp³-hybridized carbons (Fsp3) is 0.444. The van der Waals surface area contributed by atoms with Gasteiger partial charge in [0, 0.05) is 13.1 Å². The zero-order valence-electron chi connectivity index (χ0n) is 14.4. The van der Waals surface area contributed by atoms with Crippen LogP contribution in [0.3, 0.4) is 0 Å². The Bertz CT molecular complexity index is 731. The van der Waals surface area contributed by atoms with Crippen molar-refractivity contribution in [2.45, 2.75) is 32.8 Å². The molecule has 2 heterocycles. The zero-order valence-corrected chi connectivity index (χ0v) is 15.2. The molecule has 1 saturated heterocycles. The van der Waals surface area contributed by atoms with Crippen molar-refractivity contribution in [3.8, 4) is 11.5 Å². The van der Waals surface area contributed by atoms with Crippen molar-refractivity contribution >= 4 is 28.9 Å². The molecule has 2 aliphatic rings. The number of hydrogen-bond acceptors (Lipinski definition) is 5. The second-order valence-electron chi connectivity index (χ2n) is 5.88. The average Bonchev–Trinajstić information content (AvgIpc) is 2.98. The van der Waals surface area contributed by atoms with Crippen LogP contribution in [0.5, 0.6) is 11.5 Å². The highest BCUT2D eigenvalue weighted by atomic mass is 32.2. The molecule has 0 unspecified atom stereocenters. The SMILES string of the molecule is CCOc1cc(/C=C2\SC(N3CCCCC3)=NC2=O)ccc1OC(F)F. The number of halogens is 2. The summed E-state index contributed by atoms with van der Waals surface area (Å²) in [5.41, 5.74) is 0.668. The predicted molar refractivity (Wildman–Crippen MR) is 97.7 cm³/mol. The van der Waals surface area contributed by atoms with Crippen LogP contribution in [0.15, 0.2) is 28.1 Å². The fourth-order valence-electron chi connectivity index (χ4n) is 2.85. The summed E-state index contributed by atoms with van der Waals surface area (Å²) in [7, 11) is 0. The van der Waals surface area contributed by atoms with Gasteiger partial charge in [-0.05, 0) is 61.7 Å². The van der Waals surface area contributed by atoms with Crippen LogP contribution in [0, 0.1) is 0 Å². The Morgan fingerprint density at radius 3 is 2.73 bits per heavy atom. The summed E-state index contributed by atoms with van der Waals surface area (Å²) in [6.07, 6.45) is 5.12. The molecule has 8 heteroatoms. The highest BCUT2D eigenvalue weighted by Gasteiger charge is 2.27. The molecule has 0 atom stereocenters. The number of rotatable bonds is 5. The highest BCUT2D eigenvalue weighted by molar-refractivity contribution is 8.18. The molecule has 1 amide bonds. The maximum absolute atomic E-state index is 12.5. The van der Waals surface area contributed by atoms with Crippen molar-refractivity contribution in [2.24, 2.45) is 4.99 Å². The first kappa shape index (κ1) is 18.7. The molecular formula is C18H20F2N2O3S. The standard InChI is InChI=1S/C18H20F2N2O3S/c1-2-24-14-10-12(6-7-13(14)25-17(19)20)11-15-16(23)21-18(26-15)22-8-4-3-5-9-22/h6-7,10-11,17H,2-5,8-9H2,1H3/b15-11-. The molecule has 26 heavy (non-hydrogen) atoms. The van der Waals surface area contributed by atoms with Crippen LogP contribution < -0.4 is 9.47 Å². The first-order chi connectivity index (χ1) is 12.6. The van der Waals surface area contributed by atoms with Gasteiger partial charge in [0.05, 0.1) is 11.5 Å². The summed E-state index contributed by atoms with van der Waals surface area (Å²) in [5, 5.41) is 0.739. The quantitative estimate of drug-likeness (QED) is 0.717. The maximum Gasteiger partial charge on any atom is 0.387 e. The van der Waals surface area contributed by atoms with E-state index in [1.165, 1.54) is 24.2 Å². The summed E-state index contributed by atoms with van der Waals surface area (Å²) in [6, 6.07) is 4.61. The number of carbonyl (C=O) groups excluding carboxylic acids is 1. The normalized spacial score (nSPS) is 19.2. The van der Waals surface area contributed by atoms with E-state index in [9.17, 15) is 13.6 Å². The van der Waals surface area contributed by atoms with E-state index in [1.54, 1.807) is 25.1 Å². The number of piperidine rings is 1. The fourth-order valence-corrected chi connectivity index (χ4v) is 3.81. The number of benzene rings is 1. The van der Waals surface area contributed by atoms with Crippen LogP contribution in [-0.4, -0.2) is 42.3 Å². The third-order valence-corrected chi connectivity index (χ3v) is 5.06. The van der Waals surface area contributed by atoms with Gasteiger partial charge >= 0.3 is 6.61 Å². The maximum atomic E-state index is 12.5. The summed E-state index contributed by atoms with van der Waals surface area (Å²) >= 11 is 1.35. The van der Waals surface area contributed by atoms with Gasteiger partial charge in [-0.1, -0.05) is 6.07 Å². The lowest BCUT2D eigenvalue weighted by Crippen LogP contribution is -2.33. The smallest absolute Gasteiger partial charge is 0.387 e. The van der Waals surface area contributed by atoms with Crippen LogP contribution in [0.1, 0.15) is 31.7 Å². The minimum absolute atomic E-state index is 0.0281. The van der Waals surface area contributed by atoms with Crippen molar-refractivity contribution < 1.29 is 23.0 Å². The van der Waals surface area contributed by atoms with Crippen molar-refractivity contribution in [1.82, 2.24) is 4.90 Å². The molecular weight excluding hydrogens is 362 g/mol. The van der Waals surface area contributed by atoms with Gasteiger partial charge in [-0.3, -0.25) is 4.79 Å². The third kappa shape index (κ3) is 4.55. The van der Waals surface area contributed by atoms with E-state index in [0.717, 1.165) is 31.1 Å². The topological polar surface area (TPSA) is 51.1 Å². The van der Waals surface area contributed by atoms with Gasteiger partial charge in [-0.15, -0.1) is 0 Å². The molecule has 0 radical (unpaired) electrons. The summed E-state index contributed by atoms with van der Waals surface area (Å²) < 4.78 is 34.8. The number of amidine groups is 1. The largest absolute Gasteiger partial charge is 0.490 e. The molecule has 2 aliphatic heterocycles. The molecule has 0 bridgehead atoms. The number of aliphatic imine (C=N–C) groups is 1. The molecule has 140 valence electrons. The monoisotopic (exact) mass is 382 g/mol. The van der Waals surface area contributed by atoms with Crippen molar-refractivity contribution in [3.63, 3.8) is 0 Å². The van der Waals surface area contributed by atoms with Gasteiger partial charge in [0.15, 0.2) is 16.7 Å². The number of ether oxygens (including phenoxy) is 2. The van der Waals surface area contributed by atoms with E-state index < -0.39 is 6.61 Å². The number of nitrogens with zero attached hydrogens (tertiary/aromatic N) is 2. The lowest BCUT2D eigenvalue weighted by atomic mass is 10.1. The zero-order chi connectivity index (χ0) is 18.5. The highest BCUT2D eigenvalue weighted by Crippen LogP contribution is 2.34. The van der Waals surface area contributed by atoms with E-state index in [4.69, 9.17) is 4.74 Å². The number of alkyl halides is 2. The lowest BCUT2D eigenvalue weighted by Gasteiger charge is -2.27. The first-order valence-electron chi connectivity index (χ1n) is 8.56. The Morgan fingerprint density at radius 2 is 2.04 bits per heavy atom. The Morgan fingerprint density at radius 1 is 1.27 bits per heavy atom. The van der Waals surface area contributed by atoms with Crippen LogP contribution >= 0.6 is 11.8 Å². The second kappa shape index (κ2) is 8.53. The number of carbonyl (C=O) groups is 1. The minimum atomic E-state index is -2.93. The van der Waals surface area contributed by atoms with Gasteiger partial charge in [0.1, 0.15) is 0 Å². The van der Waals surface area contributed by atoms with Gasteiger partial charge in [-0.2, -0.15) is 13.8 Å². The molecule has 1 aromatic carbocycles. The summed E-state index contributed by atoms with van der Waals surface area (Å²) in [4.78, 5) is 19.0. The molecule has 0 N–H and O–H groups in total. The van der Waals surface area contributed by atoms with E-state index in [0.29, 0.717) is 17.1 Å². The van der Waals surface area contributed by atoms with Crippen LogP contribution in [0.4, 0.5) is 8.78 Å². The molecule has 1 fully saturated rings. The molecule has 0 aliphatic carbocycles. The van der Waals surface area contributed by atoms with Crippen molar-refractivity contribution in [2.75, 3.05) is 19.7 Å². The van der Waals surface area contributed by atoms with E-state index in [-0.39, 0.29) is 17.4 Å². The third-order valence-electron chi connectivity index (χ3n) is 4.02.